The molecule has 0 spiro atoms. The lowest BCUT2D eigenvalue weighted by molar-refractivity contribution is 0.102. The molecule has 0 atom stereocenters. The number of carbonyl (C=O) groups is 1. The molecule has 0 aromatic carbocycles. The molecule has 1 amide bonds. The van der Waals surface area contributed by atoms with Gasteiger partial charge in [0.2, 0.25) is 5.88 Å². The van der Waals surface area contributed by atoms with Gasteiger partial charge in [-0.2, -0.15) is 0 Å². The van der Waals surface area contributed by atoms with E-state index in [1.807, 2.05) is 0 Å². The molecule has 0 bridgehead atoms. The summed E-state index contributed by atoms with van der Waals surface area (Å²) in [6.45, 7) is 0. The van der Waals surface area contributed by atoms with E-state index in [9.17, 15) is 4.79 Å². The lowest BCUT2D eigenvalue weighted by Crippen LogP contribution is -2.11. The Bertz CT molecular complexity index is 621. The molecule has 2 aromatic rings. The van der Waals surface area contributed by atoms with Gasteiger partial charge >= 0.3 is 0 Å². The third-order valence-corrected chi connectivity index (χ3v) is 4.33. The Morgan fingerprint density at radius 3 is 3.00 bits per heavy atom. The zero-order valence-corrected chi connectivity index (χ0v) is 11.5. The van der Waals surface area contributed by atoms with Crippen molar-refractivity contribution in [2.45, 2.75) is 19.3 Å². The summed E-state index contributed by atoms with van der Waals surface area (Å²) in [4.78, 5) is 12.0. The highest BCUT2D eigenvalue weighted by Crippen LogP contribution is 2.33. The topological polar surface area (TPSA) is 55.1 Å². The molecule has 0 saturated carbocycles. The van der Waals surface area contributed by atoms with E-state index in [0.717, 1.165) is 41.9 Å². The second-order valence-corrected chi connectivity index (χ2v) is 6.27. The molecule has 2 heterocycles. The Morgan fingerprint density at radius 2 is 2.28 bits per heavy atom. The van der Waals surface area contributed by atoms with Gasteiger partial charge < -0.3 is 4.52 Å². The number of thiophene rings is 1. The van der Waals surface area contributed by atoms with E-state index >= 15 is 0 Å². The first-order valence-electron chi connectivity index (χ1n) is 5.39. The first kappa shape index (κ1) is 12.0. The highest BCUT2D eigenvalue weighted by atomic mass is 35.5. The lowest BCUT2D eigenvalue weighted by atomic mass is 10.2. The van der Waals surface area contributed by atoms with Crippen LogP contribution >= 0.6 is 34.5 Å². The average Bonchev–Trinajstić information content (AvgIpc) is 2.96. The zero-order chi connectivity index (χ0) is 12.7. The van der Waals surface area contributed by atoms with Gasteiger partial charge in [0.05, 0.1) is 15.6 Å². The number of rotatable bonds is 2. The van der Waals surface area contributed by atoms with Gasteiger partial charge in [-0.15, -0.1) is 11.3 Å². The second-order valence-electron chi connectivity index (χ2n) is 3.98. The number of hydrogen-bond acceptors (Lipinski definition) is 4. The van der Waals surface area contributed by atoms with Crippen LogP contribution in [0.15, 0.2) is 10.6 Å². The molecular weight excluding hydrogens is 295 g/mol. The molecule has 0 aliphatic heterocycles. The highest BCUT2D eigenvalue weighted by Gasteiger charge is 2.23. The summed E-state index contributed by atoms with van der Waals surface area (Å²) in [5, 5.41) is 6.61. The van der Waals surface area contributed by atoms with Gasteiger partial charge in [0.15, 0.2) is 0 Å². The maximum atomic E-state index is 12.0. The fourth-order valence-corrected chi connectivity index (χ4v) is 3.45. The molecule has 1 aliphatic rings. The lowest BCUT2D eigenvalue weighted by Gasteiger charge is -2.01. The van der Waals surface area contributed by atoms with Crippen LogP contribution in [0.3, 0.4) is 0 Å². The normalized spacial score (nSPS) is 13.7. The number of halogens is 2. The first-order chi connectivity index (χ1) is 8.65. The summed E-state index contributed by atoms with van der Waals surface area (Å²) in [5.41, 5.74) is 2.27. The second kappa shape index (κ2) is 4.57. The van der Waals surface area contributed by atoms with E-state index in [-0.39, 0.29) is 5.91 Å². The summed E-state index contributed by atoms with van der Waals surface area (Å²) >= 11 is 12.9. The van der Waals surface area contributed by atoms with Crippen LogP contribution in [0.25, 0.3) is 0 Å². The molecular formula is C11H8Cl2N2O2S. The quantitative estimate of drug-likeness (QED) is 0.918. The van der Waals surface area contributed by atoms with E-state index in [1.54, 1.807) is 6.07 Å². The number of nitrogens with one attached hydrogen (secondary N) is 1. The van der Waals surface area contributed by atoms with Crippen molar-refractivity contribution in [3.05, 3.63) is 31.6 Å². The number of anilines is 1. The Hall–Kier alpha value is -1.04. The maximum Gasteiger partial charge on any atom is 0.260 e. The minimum absolute atomic E-state index is 0.325. The van der Waals surface area contributed by atoms with Crippen LogP contribution in [-0.2, 0) is 12.8 Å². The average molecular weight is 303 g/mol. The van der Waals surface area contributed by atoms with Gasteiger partial charge in [0.1, 0.15) is 4.34 Å². The van der Waals surface area contributed by atoms with E-state index in [0.29, 0.717) is 20.1 Å². The van der Waals surface area contributed by atoms with Gasteiger partial charge in [-0.05, 0) is 25.3 Å². The van der Waals surface area contributed by atoms with Crippen molar-refractivity contribution in [3.8, 4) is 0 Å². The summed E-state index contributed by atoms with van der Waals surface area (Å²) < 4.78 is 5.97. The van der Waals surface area contributed by atoms with Gasteiger partial charge in [0.25, 0.3) is 5.91 Å². The maximum absolute atomic E-state index is 12.0. The molecule has 1 aliphatic carbocycles. The summed E-state index contributed by atoms with van der Waals surface area (Å²) in [7, 11) is 0. The van der Waals surface area contributed by atoms with Crippen LogP contribution < -0.4 is 5.32 Å². The van der Waals surface area contributed by atoms with Gasteiger partial charge in [0, 0.05) is 5.56 Å². The number of carbonyl (C=O) groups excluding carboxylic acids is 1. The fraction of sp³-hybridized carbons (Fsp3) is 0.273. The van der Waals surface area contributed by atoms with Gasteiger partial charge in [-0.3, -0.25) is 10.1 Å². The van der Waals surface area contributed by atoms with Crippen molar-refractivity contribution in [2.75, 3.05) is 5.32 Å². The van der Waals surface area contributed by atoms with Crippen LogP contribution in [0.2, 0.25) is 8.67 Å². The molecule has 18 heavy (non-hydrogen) atoms. The molecule has 0 unspecified atom stereocenters. The SMILES string of the molecule is O=C(Nc1onc2c1CCC2)c1cc(Cl)sc1Cl. The molecule has 7 heteroatoms. The number of aryl methyl sites for hydroxylation is 1. The van der Waals surface area contributed by atoms with Crippen molar-refractivity contribution < 1.29 is 9.32 Å². The monoisotopic (exact) mass is 302 g/mol. The van der Waals surface area contributed by atoms with Crippen LogP contribution in [0.1, 0.15) is 28.0 Å². The third kappa shape index (κ3) is 2.02. The van der Waals surface area contributed by atoms with Crippen molar-refractivity contribution in [3.63, 3.8) is 0 Å². The number of nitrogens with zero attached hydrogens (tertiary/aromatic N) is 1. The number of aromatic nitrogens is 1. The van der Waals surface area contributed by atoms with Crippen LogP contribution in [-0.4, -0.2) is 11.1 Å². The van der Waals surface area contributed by atoms with E-state index in [4.69, 9.17) is 27.7 Å². The van der Waals surface area contributed by atoms with Crippen LogP contribution in [0.4, 0.5) is 5.88 Å². The standard InChI is InChI=1S/C11H8Cl2N2O2S/c12-8-4-6(9(13)18-8)10(16)14-11-5-2-1-3-7(5)15-17-11/h4H,1-3H2,(H,14,16). The summed E-state index contributed by atoms with van der Waals surface area (Å²) in [6, 6.07) is 1.54. The molecule has 94 valence electrons. The smallest absolute Gasteiger partial charge is 0.260 e. The first-order valence-corrected chi connectivity index (χ1v) is 6.96. The Morgan fingerprint density at radius 1 is 1.44 bits per heavy atom. The van der Waals surface area contributed by atoms with Crippen LogP contribution in [0.5, 0.6) is 0 Å². The molecule has 2 aromatic heterocycles. The Balaban J connectivity index is 1.84. The van der Waals surface area contributed by atoms with Gasteiger partial charge in [-0.1, -0.05) is 28.4 Å². The molecule has 4 nitrogen and oxygen atoms in total. The third-order valence-electron chi connectivity index (χ3n) is 2.84. The molecule has 3 rings (SSSR count). The Kier molecular flexibility index (Phi) is 3.05. The molecule has 1 N–H and O–H groups in total. The van der Waals surface area contributed by atoms with Crippen molar-refractivity contribution in [2.24, 2.45) is 0 Å². The summed E-state index contributed by atoms with van der Waals surface area (Å²) in [5.74, 6) is 0.0971. The number of hydrogen-bond donors (Lipinski definition) is 1. The van der Waals surface area contributed by atoms with Crippen LogP contribution in [0, 0.1) is 0 Å². The minimum atomic E-state index is -0.325. The predicted molar refractivity (Wildman–Crippen MR) is 70.8 cm³/mol. The van der Waals surface area contributed by atoms with E-state index in [2.05, 4.69) is 10.5 Å². The molecule has 0 radical (unpaired) electrons. The van der Waals surface area contributed by atoms with Crippen molar-refractivity contribution >= 4 is 46.3 Å². The van der Waals surface area contributed by atoms with E-state index in [1.165, 1.54) is 0 Å². The van der Waals surface area contributed by atoms with Gasteiger partial charge in [-0.25, -0.2) is 0 Å². The number of amides is 1. The zero-order valence-electron chi connectivity index (χ0n) is 9.13. The van der Waals surface area contributed by atoms with Crippen molar-refractivity contribution in [1.29, 1.82) is 0 Å². The molecule has 0 saturated heterocycles. The van der Waals surface area contributed by atoms with Crippen molar-refractivity contribution in [1.82, 2.24) is 5.16 Å². The highest BCUT2D eigenvalue weighted by molar-refractivity contribution is 7.20. The summed E-state index contributed by atoms with van der Waals surface area (Å²) in [6.07, 6.45) is 2.83. The Labute approximate surface area is 117 Å². The predicted octanol–water partition coefficient (Wildman–Crippen LogP) is 3.78. The van der Waals surface area contributed by atoms with E-state index < -0.39 is 0 Å². The minimum Gasteiger partial charge on any atom is -0.338 e. The molecule has 0 fully saturated rings. The fourth-order valence-electron chi connectivity index (χ4n) is 1.99. The number of fused-ring (bicyclic) bond motifs is 1. The largest absolute Gasteiger partial charge is 0.338 e.